The maximum atomic E-state index is 13.2. The number of nitrogens with one attached hydrogen (secondary N) is 3. The molecule has 0 radical (unpaired) electrons. The average Bonchev–Trinajstić information content (AvgIpc) is 3.50. The molecule has 3 rings (SSSR count). The summed E-state index contributed by atoms with van der Waals surface area (Å²) in [6.07, 6.45) is 2.62. The number of nitrogens with zero attached hydrogens (tertiary/aromatic N) is 1. The van der Waals surface area contributed by atoms with E-state index in [-0.39, 0.29) is 29.9 Å². The van der Waals surface area contributed by atoms with E-state index in [4.69, 9.17) is 0 Å². The van der Waals surface area contributed by atoms with Gasteiger partial charge in [0, 0.05) is 18.7 Å². The molecule has 0 spiro atoms. The van der Waals surface area contributed by atoms with Gasteiger partial charge in [-0.1, -0.05) is 12.1 Å². The van der Waals surface area contributed by atoms with Crippen molar-refractivity contribution in [1.82, 2.24) is 20.9 Å². The van der Waals surface area contributed by atoms with Crippen molar-refractivity contribution in [2.75, 3.05) is 18.8 Å². The lowest BCUT2D eigenvalue weighted by Crippen LogP contribution is -2.58. The Morgan fingerprint density at radius 1 is 1.09 bits per heavy atom. The number of hydrogen-bond donors (Lipinski definition) is 6. The lowest BCUT2D eigenvalue weighted by atomic mass is 10.0. The molecule has 1 aromatic rings. The molecule has 5 N–H and O–H groups in total. The number of carboxylic acid groups (broad SMARTS) is 1. The molecule has 33 heavy (non-hydrogen) atoms. The van der Waals surface area contributed by atoms with Gasteiger partial charge in [0.1, 0.15) is 23.9 Å². The molecule has 11 heteroatoms. The molecule has 4 atom stereocenters. The van der Waals surface area contributed by atoms with Crippen LogP contribution in [0.1, 0.15) is 31.2 Å². The lowest BCUT2D eigenvalue weighted by Gasteiger charge is -2.28. The molecular weight excluding hydrogens is 448 g/mol. The summed E-state index contributed by atoms with van der Waals surface area (Å²) in [6, 6.07) is 2.99. The third kappa shape index (κ3) is 6.38. The number of aliphatic carboxylic acids is 1. The fourth-order valence-electron chi connectivity index (χ4n) is 4.20. The van der Waals surface area contributed by atoms with E-state index in [1.54, 1.807) is 12.1 Å². The molecule has 2 fully saturated rings. The Bertz CT molecular complexity index is 874. The Kier molecular flexibility index (Phi) is 8.56. The molecule has 180 valence electrons. The first kappa shape index (κ1) is 24.8. The van der Waals surface area contributed by atoms with Crippen LogP contribution in [0.4, 0.5) is 0 Å². The summed E-state index contributed by atoms with van der Waals surface area (Å²) in [6.45, 7) is 1.03. The van der Waals surface area contributed by atoms with Gasteiger partial charge in [-0.25, -0.2) is 4.79 Å². The minimum atomic E-state index is -1.08. The Hall–Kier alpha value is -2.79. The second kappa shape index (κ2) is 11.4. The van der Waals surface area contributed by atoms with Gasteiger partial charge in [-0.3, -0.25) is 14.4 Å². The first-order valence-corrected chi connectivity index (χ1v) is 11.7. The summed E-state index contributed by atoms with van der Waals surface area (Å²) in [4.78, 5) is 51.5. The van der Waals surface area contributed by atoms with E-state index in [9.17, 15) is 29.4 Å². The predicted octanol–water partition coefficient (Wildman–Crippen LogP) is -0.338. The quantitative estimate of drug-likeness (QED) is 0.266. The summed E-state index contributed by atoms with van der Waals surface area (Å²) in [5.74, 6) is -2.38. The second-order valence-corrected chi connectivity index (χ2v) is 8.72. The van der Waals surface area contributed by atoms with Crippen molar-refractivity contribution in [3.05, 3.63) is 29.8 Å². The van der Waals surface area contributed by atoms with Crippen molar-refractivity contribution in [1.29, 1.82) is 0 Å². The fraction of sp³-hybridized carbons (Fsp3) is 0.545. The first-order valence-electron chi connectivity index (χ1n) is 11.1. The van der Waals surface area contributed by atoms with E-state index in [1.165, 1.54) is 17.0 Å². The van der Waals surface area contributed by atoms with Crippen LogP contribution in [0, 0.1) is 0 Å². The molecular formula is C22H30N4O6S. The highest BCUT2D eigenvalue weighted by Crippen LogP contribution is 2.19. The van der Waals surface area contributed by atoms with E-state index in [0.29, 0.717) is 31.4 Å². The van der Waals surface area contributed by atoms with Crippen LogP contribution in [0.15, 0.2) is 24.3 Å². The van der Waals surface area contributed by atoms with Gasteiger partial charge in [0.15, 0.2) is 0 Å². The van der Waals surface area contributed by atoms with Gasteiger partial charge < -0.3 is 31.1 Å². The molecule has 3 amide bonds. The number of amides is 3. The summed E-state index contributed by atoms with van der Waals surface area (Å²) >= 11 is 4.19. The second-order valence-electron chi connectivity index (χ2n) is 8.35. The van der Waals surface area contributed by atoms with Gasteiger partial charge in [-0.15, -0.1) is 0 Å². The maximum absolute atomic E-state index is 13.2. The van der Waals surface area contributed by atoms with Gasteiger partial charge >= 0.3 is 5.97 Å². The van der Waals surface area contributed by atoms with Crippen LogP contribution in [0.5, 0.6) is 5.75 Å². The Labute approximate surface area is 197 Å². The largest absolute Gasteiger partial charge is 0.508 e. The normalized spacial score (nSPS) is 21.9. The number of likely N-dealkylation sites (tertiary alicyclic amines) is 1. The number of aromatic hydroxyl groups is 1. The van der Waals surface area contributed by atoms with Gasteiger partial charge in [0.2, 0.25) is 17.7 Å². The van der Waals surface area contributed by atoms with Crippen molar-refractivity contribution in [3.8, 4) is 5.75 Å². The molecule has 0 saturated carbocycles. The molecule has 1 aromatic carbocycles. The standard InChI is InChI=1S/C22H30N4O6S/c27-14-7-5-13(6-8-14)11-16(24-19(28)15-3-1-9-23-15)20(29)25-17(12-33)21(30)26-10-2-4-18(26)22(31)32/h5-8,15-18,23,27,33H,1-4,9-12H2,(H,24,28)(H,25,29)(H,31,32). The van der Waals surface area contributed by atoms with E-state index in [1.807, 2.05) is 0 Å². The molecule has 0 aromatic heterocycles. The number of rotatable bonds is 9. The Morgan fingerprint density at radius 2 is 1.82 bits per heavy atom. The average molecular weight is 479 g/mol. The van der Waals surface area contributed by atoms with Crippen molar-refractivity contribution in [3.63, 3.8) is 0 Å². The van der Waals surface area contributed by atoms with Gasteiger partial charge in [0.05, 0.1) is 6.04 Å². The number of carboxylic acids is 1. The van der Waals surface area contributed by atoms with Crippen LogP contribution in [0.2, 0.25) is 0 Å². The van der Waals surface area contributed by atoms with Crippen LogP contribution < -0.4 is 16.0 Å². The van der Waals surface area contributed by atoms with E-state index >= 15 is 0 Å². The molecule has 4 unspecified atom stereocenters. The number of carbonyl (C=O) groups is 4. The predicted molar refractivity (Wildman–Crippen MR) is 123 cm³/mol. The third-order valence-corrected chi connectivity index (χ3v) is 6.37. The summed E-state index contributed by atoms with van der Waals surface area (Å²) < 4.78 is 0. The number of phenols is 1. The highest BCUT2D eigenvalue weighted by molar-refractivity contribution is 7.80. The SMILES string of the molecule is O=C(NC(Cc1ccc(O)cc1)C(=O)NC(CS)C(=O)N1CCCC1C(=O)O)C1CCCN1. The Morgan fingerprint density at radius 3 is 2.42 bits per heavy atom. The lowest BCUT2D eigenvalue weighted by molar-refractivity contribution is -0.149. The maximum Gasteiger partial charge on any atom is 0.326 e. The molecule has 2 heterocycles. The number of thiol groups is 1. The highest BCUT2D eigenvalue weighted by Gasteiger charge is 2.38. The smallest absolute Gasteiger partial charge is 0.326 e. The van der Waals surface area contributed by atoms with Crippen LogP contribution >= 0.6 is 12.6 Å². The molecule has 10 nitrogen and oxygen atoms in total. The number of hydrogen-bond acceptors (Lipinski definition) is 7. The minimum absolute atomic E-state index is 0.0164. The fourth-order valence-corrected chi connectivity index (χ4v) is 4.45. The molecule has 0 aliphatic carbocycles. The number of phenolic OH excluding ortho intramolecular Hbond substituents is 1. The topological polar surface area (TPSA) is 148 Å². The van der Waals surface area contributed by atoms with E-state index in [2.05, 4.69) is 28.6 Å². The van der Waals surface area contributed by atoms with Crippen LogP contribution in [-0.2, 0) is 25.6 Å². The van der Waals surface area contributed by atoms with Crippen molar-refractivity contribution < 1.29 is 29.4 Å². The molecule has 2 saturated heterocycles. The zero-order valence-corrected chi connectivity index (χ0v) is 19.1. The van der Waals surface area contributed by atoms with Crippen LogP contribution in [0.3, 0.4) is 0 Å². The van der Waals surface area contributed by atoms with Gasteiger partial charge in [-0.2, -0.15) is 12.6 Å². The van der Waals surface area contributed by atoms with Crippen molar-refractivity contribution >= 4 is 36.3 Å². The van der Waals surface area contributed by atoms with E-state index < -0.39 is 35.9 Å². The van der Waals surface area contributed by atoms with Crippen molar-refractivity contribution in [2.24, 2.45) is 0 Å². The Balaban J connectivity index is 1.72. The first-order chi connectivity index (χ1) is 15.8. The molecule has 2 aliphatic heterocycles. The molecule has 0 bridgehead atoms. The summed E-state index contributed by atoms with van der Waals surface area (Å²) in [5.41, 5.74) is 0.715. The number of carbonyl (C=O) groups excluding carboxylic acids is 3. The van der Waals surface area contributed by atoms with Gasteiger partial charge in [0.25, 0.3) is 0 Å². The van der Waals surface area contributed by atoms with Crippen LogP contribution in [-0.4, -0.2) is 81.8 Å². The summed E-state index contributed by atoms with van der Waals surface area (Å²) in [5, 5.41) is 27.4. The monoisotopic (exact) mass is 478 g/mol. The van der Waals surface area contributed by atoms with Crippen molar-refractivity contribution in [2.45, 2.75) is 56.3 Å². The van der Waals surface area contributed by atoms with Crippen LogP contribution in [0.25, 0.3) is 0 Å². The zero-order valence-electron chi connectivity index (χ0n) is 18.2. The molecule has 2 aliphatic rings. The zero-order chi connectivity index (χ0) is 24.0. The third-order valence-electron chi connectivity index (χ3n) is 6.00. The summed E-state index contributed by atoms with van der Waals surface area (Å²) in [7, 11) is 0. The number of benzene rings is 1. The van der Waals surface area contributed by atoms with E-state index in [0.717, 1.165) is 13.0 Å². The van der Waals surface area contributed by atoms with Gasteiger partial charge in [-0.05, 0) is 49.9 Å². The minimum Gasteiger partial charge on any atom is -0.508 e. The highest BCUT2D eigenvalue weighted by atomic mass is 32.1.